The van der Waals surface area contributed by atoms with Crippen LogP contribution in [0.15, 0.2) is 18.5 Å². The highest BCUT2D eigenvalue weighted by molar-refractivity contribution is 6.05. The number of hydrogen-bond donors (Lipinski definition) is 2. The summed E-state index contributed by atoms with van der Waals surface area (Å²) in [4.78, 5) is 26.3. The number of carbonyl (C=O) groups excluding carboxylic acids is 2. The number of aryl methyl sites for hydroxylation is 1. The molecule has 0 aliphatic carbocycles. The van der Waals surface area contributed by atoms with E-state index >= 15 is 0 Å². The Bertz CT molecular complexity index is 431. The van der Waals surface area contributed by atoms with Crippen molar-refractivity contribution in [1.29, 1.82) is 0 Å². The van der Waals surface area contributed by atoms with Crippen molar-refractivity contribution in [3.05, 3.63) is 29.6 Å². The lowest BCUT2D eigenvalue weighted by Crippen LogP contribution is -2.35. The van der Waals surface area contributed by atoms with Crippen LogP contribution in [0, 0.1) is 6.92 Å². The molecule has 1 aromatic heterocycles. The second-order valence-corrected chi connectivity index (χ2v) is 3.85. The summed E-state index contributed by atoms with van der Waals surface area (Å²) >= 11 is 0. The second-order valence-electron chi connectivity index (χ2n) is 3.85. The molecule has 0 aromatic carbocycles. The Morgan fingerprint density at radius 2 is 2.38 bits per heavy atom. The van der Waals surface area contributed by atoms with Crippen LogP contribution >= 0.6 is 0 Å². The minimum atomic E-state index is -0.410. The fraction of sp³-hybridized carbons (Fsp3) is 0.364. The molecule has 84 valence electrons. The number of rotatable bonds is 3. The standard InChI is InChI=1S/C11H13N3O2/c1-7-2-3-12-5-8(7)6-13-9-4-10(15)14-11(9)16/h2-3,5,9,13H,4,6H2,1H3,(H,14,15,16). The monoisotopic (exact) mass is 219 g/mol. The molecule has 0 saturated carbocycles. The Balaban J connectivity index is 1.95. The van der Waals surface area contributed by atoms with Crippen molar-refractivity contribution in [2.45, 2.75) is 25.9 Å². The molecule has 0 radical (unpaired) electrons. The maximum Gasteiger partial charge on any atom is 0.244 e. The van der Waals surface area contributed by atoms with Gasteiger partial charge in [0.25, 0.3) is 0 Å². The van der Waals surface area contributed by atoms with Gasteiger partial charge in [-0.25, -0.2) is 0 Å². The van der Waals surface area contributed by atoms with Crippen LogP contribution in [0.4, 0.5) is 0 Å². The lowest BCUT2D eigenvalue weighted by atomic mass is 10.1. The first-order chi connectivity index (χ1) is 7.66. The third-order valence-corrected chi connectivity index (χ3v) is 2.66. The molecule has 1 fully saturated rings. The summed E-state index contributed by atoms with van der Waals surface area (Å²) in [6.07, 6.45) is 3.71. The molecule has 1 unspecified atom stereocenters. The molecule has 5 heteroatoms. The quantitative estimate of drug-likeness (QED) is 0.696. The van der Waals surface area contributed by atoms with Crippen LogP contribution in [0.25, 0.3) is 0 Å². The molecular formula is C11H13N3O2. The SMILES string of the molecule is Cc1ccncc1CNC1CC(=O)NC1=O. The van der Waals surface area contributed by atoms with Crippen LogP contribution in [-0.4, -0.2) is 22.8 Å². The molecule has 16 heavy (non-hydrogen) atoms. The van der Waals surface area contributed by atoms with Crippen LogP contribution in [0.3, 0.4) is 0 Å². The van der Waals surface area contributed by atoms with E-state index in [0.29, 0.717) is 6.54 Å². The molecule has 0 spiro atoms. The Kier molecular flexibility index (Phi) is 2.96. The summed E-state index contributed by atoms with van der Waals surface area (Å²) in [6, 6.07) is 1.50. The van der Waals surface area contributed by atoms with E-state index in [1.54, 1.807) is 12.4 Å². The topological polar surface area (TPSA) is 71.1 Å². The number of nitrogens with zero attached hydrogens (tertiary/aromatic N) is 1. The Hall–Kier alpha value is -1.75. The fourth-order valence-corrected chi connectivity index (χ4v) is 1.63. The first kappa shape index (κ1) is 10.8. The number of amides is 2. The lowest BCUT2D eigenvalue weighted by Gasteiger charge is -2.10. The number of nitrogens with one attached hydrogen (secondary N) is 2. The highest BCUT2D eigenvalue weighted by Crippen LogP contribution is 2.07. The highest BCUT2D eigenvalue weighted by Gasteiger charge is 2.29. The highest BCUT2D eigenvalue weighted by atomic mass is 16.2. The van der Waals surface area contributed by atoms with Crippen LogP contribution in [0.2, 0.25) is 0 Å². The summed E-state index contributed by atoms with van der Waals surface area (Å²) in [7, 11) is 0. The summed E-state index contributed by atoms with van der Waals surface area (Å²) in [5, 5.41) is 5.31. The molecule has 1 saturated heterocycles. The number of carbonyl (C=O) groups is 2. The zero-order chi connectivity index (χ0) is 11.5. The minimum Gasteiger partial charge on any atom is -0.301 e. The first-order valence-electron chi connectivity index (χ1n) is 5.13. The zero-order valence-corrected chi connectivity index (χ0v) is 8.99. The van der Waals surface area contributed by atoms with Gasteiger partial charge in [-0.1, -0.05) is 0 Å². The predicted octanol–water partition coefficient (Wildman–Crippen LogP) is -0.105. The molecule has 2 N–H and O–H groups in total. The van der Waals surface area contributed by atoms with E-state index in [1.165, 1.54) is 0 Å². The van der Waals surface area contributed by atoms with Crippen molar-refractivity contribution in [3.63, 3.8) is 0 Å². The molecule has 0 bridgehead atoms. The average Bonchev–Trinajstić information content (AvgIpc) is 2.56. The van der Waals surface area contributed by atoms with E-state index in [0.717, 1.165) is 11.1 Å². The zero-order valence-electron chi connectivity index (χ0n) is 8.99. The normalized spacial score (nSPS) is 19.9. The maximum absolute atomic E-state index is 11.3. The third-order valence-electron chi connectivity index (χ3n) is 2.66. The number of pyridine rings is 1. The van der Waals surface area contributed by atoms with Gasteiger partial charge in [0.2, 0.25) is 11.8 Å². The molecular weight excluding hydrogens is 206 g/mol. The van der Waals surface area contributed by atoms with E-state index in [1.807, 2.05) is 13.0 Å². The Morgan fingerprint density at radius 1 is 1.56 bits per heavy atom. The van der Waals surface area contributed by atoms with Crippen molar-refractivity contribution in [3.8, 4) is 0 Å². The van der Waals surface area contributed by atoms with Gasteiger partial charge in [0.1, 0.15) is 0 Å². The van der Waals surface area contributed by atoms with Gasteiger partial charge < -0.3 is 5.32 Å². The van der Waals surface area contributed by atoms with Gasteiger partial charge in [-0.3, -0.25) is 19.9 Å². The lowest BCUT2D eigenvalue weighted by molar-refractivity contribution is -0.125. The molecule has 1 aromatic rings. The second kappa shape index (κ2) is 4.40. The molecule has 2 heterocycles. The third kappa shape index (κ3) is 2.25. The van der Waals surface area contributed by atoms with Crippen molar-refractivity contribution in [1.82, 2.24) is 15.6 Å². The van der Waals surface area contributed by atoms with E-state index in [9.17, 15) is 9.59 Å². The molecule has 1 aliphatic heterocycles. The van der Waals surface area contributed by atoms with Gasteiger partial charge in [0.05, 0.1) is 12.5 Å². The van der Waals surface area contributed by atoms with Crippen molar-refractivity contribution in [2.24, 2.45) is 0 Å². The summed E-state index contributed by atoms with van der Waals surface area (Å²) < 4.78 is 0. The van der Waals surface area contributed by atoms with Crippen molar-refractivity contribution in [2.75, 3.05) is 0 Å². The van der Waals surface area contributed by atoms with Crippen LogP contribution in [-0.2, 0) is 16.1 Å². The molecule has 2 amide bonds. The summed E-state index contributed by atoms with van der Waals surface area (Å²) in [6.45, 7) is 2.53. The van der Waals surface area contributed by atoms with Crippen LogP contribution in [0.5, 0.6) is 0 Å². The van der Waals surface area contributed by atoms with E-state index in [2.05, 4.69) is 15.6 Å². The Morgan fingerprint density at radius 3 is 3.00 bits per heavy atom. The van der Waals surface area contributed by atoms with E-state index < -0.39 is 6.04 Å². The van der Waals surface area contributed by atoms with Gasteiger partial charge in [-0.05, 0) is 24.1 Å². The maximum atomic E-state index is 11.3. The molecule has 5 nitrogen and oxygen atoms in total. The van der Waals surface area contributed by atoms with Crippen LogP contribution < -0.4 is 10.6 Å². The smallest absolute Gasteiger partial charge is 0.244 e. The minimum absolute atomic E-state index is 0.217. The molecule has 2 rings (SSSR count). The first-order valence-corrected chi connectivity index (χ1v) is 5.13. The molecule has 1 aliphatic rings. The van der Waals surface area contributed by atoms with Gasteiger partial charge in [0, 0.05) is 18.9 Å². The summed E-state index contributed by atoms with van der Waals surface area (Å²) in [5.74, 6) is -0.461. The average molecular weight is 219 g/mol. The summed E-state index contributed by atoms with van der Waals surface area (Å²) in [5.41, 5.74) is 2.15. The molecule has 1 atom stereocenters. The number of imide groups is 1. The van der Waals surface area contributed by atoms with Gasteiger partial charge in [0.15, 0.2) is 0 Å². The number of aromatic nitrogens is 1. The Labute approximate surface area is 93.3 Å². The van der Waals surface area contributed by atoms with Crippen molar-refractivity contribution < 1.29 is 9.59 Å². The largest absolute Gasteiger partial charge is 0.301 e. The van der Waals surface area contributed by atoms with Gasteiger partial charge in [-0.15, -0.1) is 0 Å². The number of hydrogen-bond acceptors (Lipinski definition) is 4. The predicted molar refractivity (Wildman–Crippen MR) is 57.4 cm³/mol. The van der Waals surface area contributed by atoms with Gasteiger partial charge >= 0.3 is 0 Å². The van der Waals surface area contributed by atoms with E-state index in [-0.39, 0.29) is 18.2 Å². The van der Waals surface area contributed by atoms with Crippen LogP contribution in [0.1, 0.15) is 17.5 Å². The van der Waals surface area contributed by atoms with Crippen molar-refractivity contribution >= 4 is 11.8 Å². The van der Waals surface area contributed by atoms with Gasteiger partial charge in [-0.2, -0.15) is 0 Å². The fourth-order valence-electron chi connectivity index (χ4n) is 1.63. The van der Waals surface area contributed by atoms with E-state index in [4.69, 9.17) is 0 Å².